The normalized spacial score (nSPS) is 11.3. The molecule has 6 aromatic carbocycles. The maximum Gasteiger partial charge on any atom is 4.00 e. The number of hydrogen-bond acceptors (Lipinski definition) is 0. The molecule has 0 radical (unpaired) electrons. The van der Waals surface area contributed by atoms with Crippen LogP contribution in [-0.4, -0.2) is 0 Å². The Labute approximate surface area is 233 Å². The van der Waals surface area contributed by atoms with Crippen molar-refractivity contribution in [3.63, 3.8) is 0 Å². The zero-order valence-corrected chi connectivity index (χ0v) is 24.0. The molecule has 1 heterocycles. The molecule has 0 saturated carbocycles. The maximum absolute atomic E-state index is 2.44. The third kappa shape index (κ3) is 5.31. The quantitative estimate of drug-likeness (QED) is 0.203. The molecule has 2 bridgehead atoms. The maximum atomic E-state index is 2.44. The molecule has 2 atom stereocenters. The van der Waals surface area contributed by atoms with Crippen molar-refractivity contribution < 1.29 is 31.1 Å². The molecule has 1 aromatic heterocycles. The summed E-state index contributed by atoms with van der Waals surface area (Å²) in [5.41, 5.74) is 2.60. The molecule has 0 amide bonds. The minimum atomic E-state index is -0.0844. The molecule has 7 aromatic rings. The van der Waals surface area contributed by atoms with Crippen LogP contribution in [-0.2, 0) is 35.0 Å². The molecular weight excluding hydrogens is 532 g/mol. The molecule has 0 saturated heterocycles. The van der Waals surface area contributed by atoms with Crippen molar-refractivity contribution in [1.82, 2.24) is 0 Å². The van der Waals surface area contributed by atoms with Crippen LogP contribution in [0.25, 0.3) is 53.7 Å². The van der Waals surface area contributed by atoms with Gasteiger partial charge >= 0.3 is 21.7 Å². The molecule has 0 N–H and O–H groups in total. The van der Waals surface area contributed by atoms with Gasteiger partial charge in [0, 0.05) is 5.12 Å². The summed E-state index contributed by atoms with van der Waals surface area (Å²) < 4.78 is 0. The smallest absolute Gasteiger partial charge is 1.00 e. The zero-order valence-electron chi connectivity index (χ0n) is 20.7. The van der Waals surface area contributed by atoms with Crippen molar-refractivity contribution in [2.75, 3.05) is 0 Å². The molecule has 0 aliphatic carbocycles. The van der Waals surface area contributed by atoms with E-state index in [1.54, 1.807) is 10.2 Å². The second kappa shape index (κ2) is 12.2. The number of benzene rings is 4. The van der Waals surface area contributed by atoms with Gasteiger partial charge < -0.3 is 9.41 Å². The summed E-state index contributed by atoms with van der Waals surface area (Å²) in [7, 11) is -0.145. The van der Waals surface area contributed by atoms with E-state index in [0.29, 0.717) is 0 Å². The van der Waals surface area contributed by atoms with E-state index in [9.17, 15) is 0 Å². The van der Waals surface area contributed by atoms with Gasteiger partial charge in [-0.25, -0.2) is 0 Å². The van der Waals surface area contributed by atoms with E-state index in [4.69, 9.17) is 0 Å². The van der Waals surface area contributed by atoms with Crippen LogP contribution < -0.4 is 9.41 Å². The van der Waals surface area contributed by atoms with E-state index in [-0.39, 0.29) is 45.5 Å². The first-order valence-electron chi connectivity index (χ1n) is 11.7. The Morgan fingerprint density at radius 1 is 0.568 bits per heavy atom. The second-order valence-electron chi connectivity index (χ2n) is 8.79. The van der Waals surface area contributed by atoms with E-state index in [2.05, 4.69) is 135 Å². The first kappa shape index (κ1) is 28.8. The summed E-state index contributed by atoms with van der Waals surface area (Å²) in [5, 5.41) is 11.5. The van der Waals surface area contributed by atoms with Crippen molar-refractivity contribution in [3.05, 3.63) is 121 Å². The minimum Gasteiger partial charge on any atom is -1.00 e. The van der Waals surface area contributed by atoms with Gasteiger partial charge in [0.15, 0.2) is 0 Å². The molecule has 7 rings (SSSR count). The number of rotatable bonds is 1. The van der Waals surface area contributed by atoms with E-state index in [1.165, 1.54) is 43.4 Å². The van der Waals surface area contributed by atoms with Crippen LogP contribution in [0.2, 0.25) is 0 Å². The van der Waals surface area contributed by atoms with Crippen LogP contribution in [0.1, 0.15) is 0 Å². The first-order chi connectivity index (χ1) is 16.7. The average molecular weight is 558 g/mol. The molecule has 0 nitrogen and oxygen atoms in total. The average Bonchev–Trinajstić information content (AvgIpc) is 3.55. The van der Waals surface area contributed by atoms with E-state index in [0.717, 1.165) is 0 Å². The second-order valence-corrected chi connectivity index (χ2v) is 15.5. The van der Waals surface area contributed by atoms with Crippen molar-refractivity contribution in [2.45, 2.75) is 0 Å². The van der Waals surface area contributed by atoms with Crippen molar-refractivity contribution in [1.29, 1.82) is 0 Å². The largest absolute Gasteiger partial charge is 4.00 e. The van der Waals surface area contributed by atoms with Gasteiger partial charge in [-0.3, -0.25) is 0 Å². The minimum absolute atomic E-state index is 0. The van der Waals surface area contributed by atoms with E-state index >= 15 is 0 Å². The third-order valence-electron chi connectivity index (χ3n) is 6.87. The Hall–Kier alpha value is -2.73. The van der Waals surface area contributed by atoms with Gasteiger partial charge in [-0.05, 0) is 24.3 Å². The molecule has 0 fully saturated rings. The summed E-state index contributed by atoms with van der Waals surface area (Å²) in [6.07, 6.45) is 0. The fourth-order valence-corrected chi connectivity index (χ4v) is 10.0. The van der Waals surface area contributed by atoms with Gasteiger partial charge in [-0.1, -0.05) is 82.8 Å². The van der Waals surface area contributed by atoms with Gasteiger partial charge in [0.25, 0.3) is 0 Å². The SMILES string of the molecule is Cp1c2cc3c(cccc3c3ccccc3p1C)[cH-]2.[F-].[F-].[Ti+4].c1ccc(-c2cccc3[cH-]ccc23)cc1. The number of fused-ring (bicyclic) bond motifs is 4. The zero-order chi connectivity index (χ0) is 23.1. The predicted octanol–water partition coefficient (Wildman–Crippen LogP) is 4.71. The van der Waals surface area contributed by atoms with Crippen LogP contribution >= 0.6 is 14.4 Å². The Morgan fingerprint density at radius 3 is 2.05 bits per heavy atom. The Bertz CT molecular complexity index is 1790. The molecule has 0 spiro atoms. The predicted molar refractivity (Wildman–Crippen MR) is 156 cm³/mol. The number of halogens is 2. The van der Waals surface area contributed by atoms with Crippen LogP contribution in [0.3, 0.4) is 0 Å². The van der Waals surface area contributed by atoms with Gasteiger partial charge in [0.05, 0.1) is 0 Å². The Balaban J connectivity index is 0.000000195. The van der Waals surface area contributed by atoms with Crippen LogP contribution in [0.5, 0.6) is 0 Å². The molecular formula is C32H26F2P2Ti. The van der Waals surface area contributed by atoms with Crippen molar-refractivity contribution in [2.24, 2.45) is 13.3 Å². The summed E-state index contributed by atoms with van der Waals surface area (Å²) >= 11 is 0. The van der Waals surface area contributed by atoms with E-state index in [1.807, 2.05) is 0 Å². The number of hydrogen-bond donors (Lipinski definition) is 0. The summed E-state index contributed by atoms with van der Waals surface area (Å²) in [4.78, 5) is 0. The van der Waals surface area contributed by atoms with Crippen LogP contribution in [0.15, 0.2) is 121 Å². The third-order valence-corrected chi connectivity index (χ3v) is 13.9. The summed E-state index contributed by atoms with van der Waals surface area (Å²) in [6, 6.07) is 44.0. The molecule has 182 valence electrons. The fraction of sp³-hybridized carbons (Fsp3) is 0.0625. The van der Waals surface area contributed by atoms with E-state index < -0.39 is 0 Å². The van der Waals surface area contributed by atoms with Crippen LogP contribution in [0.4, 0.5) is 0 Å². The molecule has 0 aliphatic rings. The van der Waals surface area contributed by atoms with Gasteiger partial charge in [-0.15, -0.1) is 72.4 Å². The topological polar surface area (TPSA) is 0 Å². The van der Waals surface area contributed by atoms with Gasteiger partial charge in [0.1, 0.15) is 0 Å². The summed E-state index contributed by atoms with van der Waals surface area (Å²) in [5.74, 6) is 0. The number of aryl methyl sites for hydroxylation is 2. The van der Waals surface area contributed by atoms with Crippen LogP contribution in [0, 0.1) is 0 Å². The fourth-order valence-electron chi connectivity index (χ4n) is 4.99. The standard InChI is InChI=1S/C17H15P2.C15H11.2FH.Ti/c1-18-13-10-12-6-5-8-14(16(12)11-13)15-7-3-4-9-17(15)19(18)2;1-2-6-12(7-3-1)14-10-4-8-13-9-5-11-15(13)14;;;/h3-11H,1-2H3;1-11H;2*1H;/q2*-1;;;+4/p-2. The monoisotopic (exact) mass is 558 g/mol. The van der Waals surface area contributed by atoms with Gasteiger partial charge in [0.2, 0.25) is 0 Å². The molecule has 37 heavy (non-hydrogen) atoms. The Kier molecular flexibility index (Phi) is 9.52. The molecule has 5 heteroatoms. The first-order valence-corrected chi connectivity index (χ1v) is 15.9. The van der Waals surface area contributed by atoms with Gasteiger partial charge in [-0.2, -0.15) is 18.2 Å². The van der Waals surface area contributed by atoms with Crippen molar-refractivity contribution >= 4 is 57.0 Å². The van der Waals surface area contributed by atoms with Crippen molar-refractivity contribution in [3.8, 4) is 11.1 Å². The molecule has 2 unspecified atom stereocenters. The molecule has 0 aliphatic heterocycles. The Morgan fingerprint density at radius 2 is 1.24 bits per heavy atom. The summed E-state index contributed by atoms with van der Waals surface area (Å²) in [6.45, 7) is 4.89.